The molecule has 0 heterocycles. The van der Waals surface area contributed by atoms with Crippen LogP contribution in [-0.2, 0) is 11.2 Å². The second kappa shape index (κ2) is 3.67. The number of carboxylic acid groups (broad SMARTS) is 1. The van der Waals surface area contributed by atoms with Gasteiger partial charge >= 0.3 is 5.97 Å². The average molecular weight is 233 g/mol. The lowest BCUT2D eigenvalue weighted by Crippen LogP contribution is -2.01. The third kappa shape index (κ3) is 2.04. The summed E-state index contributed by atoms with van der Waals surface area (Å²) in [5.41, 5.74) is 0.447. The van der Waals surface area contributed by atoms with E-state index >= 15 is 0 Å². The number of carboxylic acids is 1. The van der Waals surface area contributed by atoms with Crippen LogP contribution in [0, 0.1) is 5.82 Å². The predicted molar refractivity (Wildman–Crippen MR) is 45.4 cm³/mol. The Bertz CT molecular complexity index is 312. The molecule has 0 aliphatic rings. The van der Waals surface area contributed by atoms with E-state index in [4.69, 9.17) is 5.11 Å². The number of hydrogen-bond acceptors (Lipinski definition) is 1. The molecule has 0 spiro atoms. The summed E-state index contributed by atoms with van der Waals surface area (Å²) >= 11 is 2.97. The minimum atomic E-state index is -0.971. The van der Waals surface area contributed by atoms with E-state index in [0.717, 1.165) is 0 Å². The van der Waals surface area contributed by atoms with E-state index in [1.54, 1.807) is 6.07 Å². The zero-order valence-corrected chi connectivity index (χ0v) is 7.64. The number of carbonyl (C=O) groups is 1. The van der Waals surface area contributed by atoms with E-state index in [1.807, 2.05) is 0 Å². The van der Waals surface area contributed by atoms with Gasteiger partial charge in [-0.15, -0.1) is 0 Å². The molecule has 0 amide bonds. The largest absolute Gasteiger partial charge is 0.481 e. The van der Waals surface area contributed by atoms with Crippen LogP contribution in [0.5, 0.6) is 0 Å². The summed E-state index contributed by atoms with van der Waals surface area (Å²) in [5, 5.41) is 8.44. The van der Waals surface area contributed by atoms with Crippen LogP contribution in [0.2, 0.25) is 0 Å². The second-order valence-electron chi connectivity index (χ2n) is 2.28. The molecule has 0 fully saturated rings. The molecule has 0 radical (unpaired) electrons. The van der Waals surface area contributed by atoms with Gasteiger partial charge in [0.2, 0.25) is 0 Å². The van der Waals surface area contributed by atoms with Crippen molar-refractivity contribution in [1.29, 1.82) is 0 Å². The maximum Gasteiger partial charge on any atom is 0.307 e. The molecule has 0 aromatic heterocycles. The van der Waals surface area contributed by atoms with Gasteiger partial charge in [-0.3, -0.25) is 4.79 Å². The third-order valence-electron chi connectivity index (χ3n) is 1.37. The highest BCUT2D eigenvalue weighted by molar-refractivity contribution is 9.10. The first-order valence-corrected chi connectivity index (χ1v) is 4.05. The van der Waals surface area contributed by atoms with Crippen molar-refractivity contribution >= 4 is 21.9 Å². The monoisotopic (exact) mass is 232 g/mol. The normalized spacial score (nSPS) is 9.83. The van der Waals surface area contributed by atoms with E-state index < -0.39 is 11.8 Å². The Balaban J connectivity index is 3.00. The fraction of sp³-hybridized carbons (Fsp3) is 0.125. The van der Waals surface area contributed by atoms with Crippen molar-refractivity contribution in [2.24, 2.45) is 0 Å². The van der Waals surface area contributed by atoms with E-state index in [9.17, 15) is 9.18 Å². The van der Waals surface area contributed by atoms with E-state index in [0.29, 0.717) is 5.56 Å². The Kier molecular flexibility index (Phi) is 2.81. The molecule has 1 rings (SSSR count). The van der Waals surface area contributed by atoms with Crippen molar-refractivity contribution < 1.29 is 14.3 Å². The Morgan fingerprint density at radius 3 is 2.83 bits per heavy atom. The first-order chi connectivity index (χ1) is 5.61. The summed E-state index contributed by atoms with van der Waals surface area (Å²) < 4.78 is 13.0. The summed E-state index contributed by atoms with van der Waals surface area (Å²) in [4.78, 5) is 10.3. The molecule has 12 heavy (non-hydrogen) atoms. The molecule has 0 unspecified atom stereocenters. The van der Waals surface area contributed by atoms with Gasteiger partial charge in [-0.1, -0.05) is 12.1 Å². The van der Waals surface area contributed by atoms with Gasteiger partial charge in [-0.05, 0) is 27.6 Å². The molecule has 1 N–H and O–H groups in total. The predicted octanol–water partition coefficient (Wildman–Crippen LogP) is 2.22. The molecule has 4 heteroatoms. The van der Waals surface area contributed by atoms with Crippen LogP contribution in [0.15, 0.2) is 22.7 Å². The topological polar surface area (TPSA) is 37.3 Å². The number of hydrogen-bond donors (Lipinski definition) is 1. The Hall–Kier alpha value is -0.900. The lowest BCUT2D eigenvalue weighted by Gasteiger charge is -2.00. The van der Waals surface area contributed by atoms with Crippen LogP contribution in [0.25, 0.3) is 0 Å². The Labute approximate surface area is 77.2 Å². The molecule has 0 aliphatic heterocycles. The summed E-state index contributed by atoms with van der Waals surface area (Å²) in [7, 11) is 0. The maximum absolute atomic E-state index is 12.8. The van der Waals surface area contributed by atoms with Crippen molar-refractivity contribution in [3.63, 3.8) is 0 Å². The summed E-state index contributed by atoms with van der Waals surface area (Å²) in [6.45, 7) is 0. The zero-order valence-electron chi connectivity index (χ0n) is 6.05. The van der Waals surface area contributed by atoms with Crippen molar-refractivity contribution in [2.45, 2.75) is 6.42 Å². The highest BCUT2D eigenvalue weighted by Gasteiger charge is 2.07. The van der Waals surface area contributed by atoms with Gasteiger partial charge in [-0.25, -0.2) is 4.39 Å². The summed E-state index contributed by atoms with van der Waals surface area (Å²) in [6, 6.07) is 4.33. The molecule has 1 aromatic carbocycles. The van der Waals surface area contributed by atoms with Crippen molar-refractivity contribution in [2.75, 3.05) is 0 Å². The molecule has 0 atom stereocenters. The van der Waals surface area contributed by atoms with Crippen LogP contribution >= 0.6 is 15.9 Å². The molecule has 2 nitrogen and oxygen atoms in total. The van der Waals surface area contributed by atoms with Gasteiger partial charge in [0.25, 0.3) is 0 Å². The maximum atomic E-state index is 12.8. The standard InChI is InChI=1S/C8H6BrFO2/c9-8-5(4-7(11)12)2-1-3-6(8)10/h1-3H,4H2,(H,11,12). The third-order valence-corrected chi connectivity index (χ3v) is 2.26. The van der Waals surface area contributed by atoms with Crippen LogP contribution in [0.4, 0.5) is 4.39 Å². The first-order valence-electron chi connectivity index (χ1n) is 3.26. The van der Waals surface area contributed by atoms with Gasteiger partial charge in [0, 0.05) is 0 Å². The zero-order chi connectivity index (χ0) is 9.14. The highest BCUT2D eigenvalue weighted by atomic mass is 79.9. The van der Waals surface area contributed by atoms with E-state index in [1.165, 1.54) is 12.1 Å². The molecule has 64 valence electrons. The SMILES string of the molecule is O=C(O)Cc1cccc(F)c1Br. The molecular weight excluding hydrogens is 227 g/mol. The van der Waals surface area contributed by atoms with Crippen LogP contribution in [-0.4, -0.2) is 11.1 Å². The molecule has 0 saturated carbocycles. The summed E-state index contributed by atoms with van der Waals surface area (Å²) in [6.07, 6.45) is -0.168. The molecule has 1 aromatic rings. The first kappa shape index (κ1) is 9.19. The van der Waals surface area contributed by atoms with Crippen molar-refractivity contribution in [1.82, 2.24) is 0 Å². The van der Waals surface area contributed by atoms with Gasteiger partial charge in [0.15, 0.2) is 0 Å². The quantitative estimate of drug-likeness (QED) is 0.850. The fourth-order valence-corrected chi connectivity index (χ4v) is 1.25. The smallest absolute Gasteiger partial charge is 0.307 e. The van der Waals surface area contributed by atoms with Gasteiger partial charge in [0.1, 0.15) is 5.82 Å². The van der Waals surface area contributed by atoms with Crippen LogP contribution in [0.1, 0.15) is 5.56 Å². The van der Waals surface area contributed by atoms with Crippen molar-refractivity contribution in [3.8, 4) is 0 Å². The molecule has 0 bridgehead atoms. The Morgan fingerprint density at radius 1 is 1.58 bits per heavy atom. The molecular formula is C8H6BrFO2. The second-order valence-corrected chi connectivity index (χ2v) is 3.08. The Morgan fingerprint density at radius 2 is 2.25 bits per heavy atom. The van der Waals surface area contributed by atoms with Gasteiger partial charge < -0.3 is 5.11 Å². The van der Waals surface area contributed by atoms with Crippen molar-refractivity contribution in [3.05, 3.63) is 34.1 Å². The van der Waals surface area contributed by atoms with Gasteiger partial charge in [0.05, 0.1) is 10.9 Å². The highest BCUT2D eigenvalue weighted by Crippen LogP contribution is 2.20. The van der Waals surface area contributed by atoms with Crippen LogP contribution < -0.4 is 0 Å². The minimum Gasteiger partial charge on any atom is -0.481 e. The number of rotatable bonds is 2. The lowest BCUT2D eigenvalue weighted by molar-refractivity contribution is -0.136. The minimum absolute atomic E-state index is 0.168. The lowest BCUT2D eigenvalue weighted by atomic mass is 10.1. The number of benzene rings is 1. The molecule has 0 saturated heterocycles. The number of aliphatic carboxylic acids is 1. The fourth-order valence-electron chi connectivity index (χ4n) is 0.848. The van der Waals surface area contributed by atoms with Gasteiger partial charge in [-0.2, -0.15) is 0 Å². The van der Waals surface area contributed by atoms with Crippen LogP contribution in [0.3, 0.4) is 0 Å². The van der Waals surface area contributed by atoms with E-state index in [-0.39, 0.29) is 10.9 Å². The van der Waals surface area contributed by atoms with E-state index in [2.05, 4.69) is 15.9 Å². The average Bonchev–Trinajstić information content (AvgIpc) is 1.98. The summed E-state index contributed by atoms with van der Waals surface area (Å²) in [5.74, 6) is -1.41. The molecule has 0 aliphatic carbocycles. The number of halogens is 2.